The summed E-state index contributed by atoms with van der Waals surface area (Å²) in [6, 6.07) is 11.9. The highest BCUT2D eigenvalue weighted by atomic mass is 32.1. The predicted octanol–water partition coefficient (Wildman–Crippen LogP) is 4.29. The van der Waals surface area contributed by atoms with E-state index in [4.69, 9.17) is 9.15 Å². The van der Waals surface area contributed by atoms with Crippen molar-refractivity contribution >= 4 is 28.8 Å². The minimum atomic E-state index is -0.692. The lowest BCUT2D eigenvalue weighted by molar-refractivity contribution is -0.140. The Balaban J connectivity index is 1.61. The van der Waals surface area contributed by atoms with Crippen LogP contribution < -0.4 is 4.74 Å². The van der Waals surface area contributed by atoms with Gasteiger partial charge in [0.15, 0.2) is 0 Å². The van der Waals surface area contributed by atoms with Gasteiger partial charge in [0.2, 0.25) is 0 Å². The number of aliphatic hydroxyl groups is 1. The highest BCUT2D eigenvalue weighted by Gasteiger charge is 2.46. The van der Waals surface area contributed by atoms with Gasteiger partial charge in [0.25, 0.3) is 11.7 Å². The van der Waals surface area contributed by atoms with E-state index >= 15 is 0 Å². The number of thiophene rings is 1. The Morgan fingerprint density at radius 2 is 2.10 bits per heavy atom. The number of furan rings is 1. The Kier molecular flexibility index (Phi) is 4.47. The number of carbonyl (C=O) groups excluding carboxylic acids is 2. The van der Waals surface area contributed by atoms with E-state index in [1.54, 1.807) is 24.3 Å². The van der Waals surface area contributed by atoms with Gasteiger partial charge in [-0.2, -0.15) is 0 Å². The smallest absolute Gasteiger partial charge is 0.296 e. The van der Waals surface area contributed by atoms with Gasteiger partial charge in [0, 0.05) is 16.9 Å². The van der Waals surface area contributed by atoms with Gasteiger partial charge in [0.1, 0.15) is 29.4 Å². The molecule has 1 aromatic carbocycles. The molecular weight excluding hydrogens is 402 g/mol. The Labute approximate surface area is 177 Å². The van der Waals surface area contributed by atoms with Crippen molar-refractivity contribution in [1.82, 2.24) is 4.90 Å². The number of ether oxygens (including phenoxy) is 1. The zero-order valence-electron chi connectivity index (χ0n) is 16.2. The minimum absolute atomic E-state index is 0.0717. The lowest BCUT2D eigenvalue weighted by Gasteiger charge is -2.23. The van der Waals surface area contributed by atoms with Crippen LogP contribution in [0.5, 0.6) is 5.75 Å². The third kappa shape index (κ3) is 3.02. The molecule has 6 nitrogen and oxygen atoms in total. The van der Waals surface area contributed by atoms with Gasteiger partial charge in [-0.05, 0) is 54.3 Å². The molecule has 0 radical (unpaired) electrons. The van der Waals surface area contributed by atoms with E-state index in [1.807, 2.05) is 30.5 Å². The van der Waals surface area contributed by atoms with E-state index in [0.717, 1.165) is 22.6 Å². The Morgan fingerprint density at radius 3 is 2.83 bits per heavy atom. The lowest BCUT2D eigenvalue weighted by atomic mass is 9.98. The van der Waals surface area contributed by atoms with Crippen molar-refractivity contribution in [3.8, 4) is 5.75 Å². The van der Waals surface area contributed by atoms with Crippen LogP contribution in [0.15, 0.2) is 64.1 Å². The van der Waals surface area contributed by atoms with Crippen LogP contribution in [0.25, 0.3) is 5.76 Å². The summed E-state index contributed by atoms with van der Waals surface area (Å²) in [4.78, 5) is 28.1. The molecule has 2 aliphatic heterocycles. The molecule has 0 bridgehead atoms. The van der Waals surface area contributed by atoms with Crippen LogP contribution in [0, 0.1) is 0 Å². The molecule has 2 aromatic heterocycles. The maximum absolute atomic E-state index is 13.0. The van der Waals surface area contributed by atoms with E-state index in [0.29, 0.717) is 11.3 Å². The largest absolute Gasteiger partial charge is 0.507 e. The van der Waals surface area contributed by atoms with Crippen LogP contribution in [0.1, 0.15) is 34.7 Å². The highest BCUT2D eigenvalue weighted by Crippen LogP contribution is 2.42. The summed E-state index contributed by atoms with van der Waals surface area (Å²) < 4.78 is 11.1. The molecule has 0 unspecified atom stereocenters. The summed E-state index contributed by atoms with van der Waals surface area (Å²) in [5.41, 5.74) is 1.58. The quantitative estimate of drug-likeness (QED) is 0.386. The predicted molar refractivity (Wildman–Crippen MR) is 111 cm³/mol. The Hall–Kier alpha value is -3.32. The molecule has 1 amide bonds. The second kappa shape index (κ2) is 7.18. The molecule has 5 rings (SSSR count). The monoisotopic (exact) mass is 421 g/mol. The molecule has 152 valence electrons. The summed E-state index contributed by atoms with van der Waals surface area (Å²) in [5.74, 6) is -0.155. The molecule has 30 heavy (non-hydrogen) atoms. The van der Waals surface area contributed by atoms with Crippen molar-refractivity contribution < 1.29 is 23.8 Å². The van der Waals surface area contributed by atoms with Gasteiger partial charge in [-0.15, -0.1) is 11.3 Å². The number of fused-ring (bicyclic) bond motifs is 1. The average molecular weight is 421 g/mol. The summed E-state index contributed by atoms with van der Waals surface area (Å²) in [7, 11) is 0. The molecule has 0 spiro atoms. The number of benzene rings is 1. The first kappa shape index (κ1) is 18.7. The van der Waals surface area contributed by atoms with Crippen molar-refractivity contribution in [3.63, 3.8) is 0 Å². The third-order valence-corrected chi connectivity index (χ3v) is 6.35. The first-order chi connectivity index (χ1) is 14.5. The number of amides is 1. The molecule has 0 saturated carbocycles. The lowest BCUT2D eigenvalue weighted by Crippen LogP contribution is -2.28. The number of likely N-dealkylation sites (tertiary alicyclic amines) is 1. The Bertz CT molecular complexity index is 1150. The normalized spacial score (nSPS) is 22.4. The number of carbonyl (C=O) groups is 2. The Morgan fingerprint density at radius 1 is 1.23 bits per heavy atom. The molecular formula is C23H19NO5S. The summed E-state index contributed by atoms with van der Waals surface area (Å²) in [6.45, 7) is 2.13. The number of ketones is 1. The number of nitrogens with zero attached hydrogens (tertiary/aromatic N) is 1. The molecule has 2 aliphatic rings. The fourth-order valence-electron chi connectivity index (χ4n) is 4.08. The fraction of sp³-hybridized carbons (Fsp3) is 0.217. The standard InChI is InChI=1S/C23H19NO5S/c1-13-10-15-11-14(6-7-17(15)29-13)21(25)19-20(18-5-3-9-30-18)24(23(27)22(19)26)12-16-4-2-8-28-16/h2-9,11,13,20,25H,10,12H2,1H3/t13-,20-/m0/s1. The van der Waals surface area contributed by atoms with E-state index in [1.165, 1.54) is 22.5 Å². The first-order valence-electron chi connectivity index (χ1n) is 9.67. The first-order valence-corrected chi connectivity index (χ1v) is 10.5. The summed E-state index contributed by atoms with van der Waals surface area (Å²) >= 11 is 1.44. The zero-order chi connectivity index (χ0) is 20.8. The van der Waals surface area contributed by atoms with Crippen molar-refractivity contribution in [3.05, 3.63) is 81.4 Å². The molecule has 3 aromatic rings. The molecule has 7 heteroatoms. The van der Waals surface area contributed by atoms with Crippen LogP contribution in [0.3, 0.4) is 0 Å². The molecule has 1 fully saturated rings. The van der Waals surface area contributed by atoms with Crippen molar-refractivity contribution in [2.24, 2.45) is 0 Å². The third-order valence-electron chi connectivity index (χ3n) is 5.43. The number of rotatable bonds is 4. The highest BCUT2D eigenvalue weighted by molar-refractivity contribution is 7.10. The molecule has 1 saturated heterocycles. The molecule has 1 N–H and O–H groups in total. The van der Waals surface area contributed by atoms with Gasteiger partial charge < -0.3 is 19.2 Å². The van der Waals surface area contributed by atoms with Crippen LogP contribution in [0.2, 0.25) is 0 Å². The second-order valence-electron chi connectivity index (χ2n) is 7.48. The van der Waals surface area contributed by atoms with Gasteiger partial charge >= 0.3 is 0 Å². The molecule has 0 aliphatic carbocycles. The van der Waals surface area contributed by atoms with Crippen LogP contribution >= 0.6 is 11.3 Å². The topological polar surface area (TPSA) is 80.0 Å². The fourth-order valence-corrected chi connectivity index (χ4v) is 4.93. The van der Waals surface area contributed by atoms with Crippen molar-refractivity contribution in [2.45, 2.75) is 32.0 Å². The maximum atomic E-state index is 13.0. The number of Topliss-reactive ketones (excluding diaryl/α,β-unsaturated/α-hetero) is 1. The van der Waals surface area contributed by atoms with Gasteiger partial charge in [-0.25, -0.2) is 0 Å². The molecule has 4 heterocycles. The van der Waals surface area contributed by atoms with Crippen LogP contribution in [0.4, 0.5) is 0 Å². The van der Waals surface area contributed by atoms with Gasteiger partial charge in [0.05, 0.1) is 18.4 Å². The van der Waals surface area contributed by atoms with Crippen molar-refractivity contribution in [1.29, 1.82) is 0 Å². The van der Waals surface area contributed by atoms with E-state index in [9.17, 15) is 14.7 Å². The van der Waals surface area contributed by atoms with Crippen LogP contribution in [-0.2, 0) is 22.6 Å². The SMILES string of the molecule is C[C@H]1Cc2cc(C(O)=C3C(=O)C(=O)N(Cc4ccco4)[C@H]3c3cccs3)ccc2O1. The van der Waals surface area contributed by atoms with Crippen LogP contribution in [-0.4, -0.2) is 27.8 Å². The number of aliphatic hydroxyl groups excluding tert-OH is 1. The minimum Gasteiger partial charge on any atom is -0.507 e. The van der Waals surface area contributed by atoms with Gasteiger partial charge in [-0.1, -0.05) is 6.07 Å². The summed E-state index contributed by atoms with van der Waals surface area (Å²) in [5, 5.41) is 13.0. The maximum Gasteiger partial charge on any atom is 0.296 e. The van der Waals surface area contributed by atoms with E-state index in [-0.39, 0.29) is 24.0 Å². The summed E-state index contributed by atoms with van der Waals surface area (Å²) in [6.07, 6.45) is 2.33. The van der Waals surface area contributed by atoms with E-state index in [2.05, 4.69) is 0 Å². The van der Waals surface area contributed by atoms with Gasteiger partial charge in [-0.3, -0.25) is 9.59 Å². The van der Waals surface area contributed by atoms with Crippen molar-refractivity contribution in [2.75, 3.05) is 0 Å². The number of hydrogen-bond acceptors (Lipinski definition) is 6. The van der Waals surface area contributed by atoms with E-state index < -0.39 is 17.7 Å². The zero-order valence-corrected chi connectivity index (χ0v) is 17.0. The number of hydrogen-bond donors (Lipinski definition) is 1. The molecule has 2 atom stereocenters. The average Bonchev–Trinajstić information content (AvgIpc) is 3.51. The second-order valence-corrected chi connectivity index (χ2v) is 8.46.